The lowest BCUT2D eigenvalue weighted by molar-refractivity contribution is -0.136. The van der Waals surface area contributed by atoms with Crippen molar-refractivity contribution >= 4 is 29.2 Å². The van der Waals surface area contributed by atoms with Gasteiger partial charge in [0.25, 0.3) is 5.56 Å². The zero-order chi connectivity index (χ0) is 16.3. The van der Waals surface area contributed by atoms with E-state index in [-0.39, 0.29) is 12.0 Å². The van der Waals surface area contributed by atoms with E-state index in [9.17, 15) is 9.59 Å². The highest BCUT2D eigenvalue weighted by Crippen LogP contribution is 2.20. The van der Waals surface area contributed by atoms with Crippen molar-refractivity contribution in [1.29, 1.82) is 0 Å². The van der Waals surface area contributed by atoms with Crippen molar-refractivity contribution in [3.63, 3.8) is 0 Å². The Balaban J connectivity index is 2.51. The maximum Gasteiger partial charge on any atom is 0.308 e. The van der Waals surface area contributed by atoms with Crippen molar-refractivity contribution in [2.24, 2.45) is 0 Å². The van der Waals surface area contributed by atoms with E-state index in [4.69, 9.17) is 16.7 Å². The maximum atomic E-state index is 12.0. The molecule has 5 nitrogen and oxygen atoms in total. The number of nitrogens with one attached hydrogen (secondary N) is 1. The first-order chi connectivity index (χ1) is 10.4. The summed E-state index contributed by atoms with van der Waals surface area (Å²) in [6, 6.07) is 7.24. The van der Waals surface area contributed by atoms with Gasteiger partial charge in [0.15, 0.2) is 0 Å². The molecular weight excluding hydrogens is 304 g/mol. The number of carboxylic acid groups (broad SMARTS) is 1. The predicted molar refractivity (Wildman–Crippen MR) is 85.9 cm³/mol. The van der Waals surface area contributed by atoms with Crippen LogP contribution in [0.25, 0.3) is 11.6 Å². The van der Waals surface area contributed by atoms with Gasteiger partial charge in [-0.1, -0.05) is 23.7 Å². The molecule has 0 unspecified atom stereocenters. The number of carboxylic acids is 1. The number of aryl methyl sites for hydroxylation is 1. The third-order valence-electron chi connectivity index (χ3n) is 3.15. The van der Waals surface area contributed by atoms with Gasteiger partial charge in [-0.15, -0.1) is 0 Å². The average Bonchev–Trinajstić information content (AvgIpc) is 2.43. The molecule has 0 bridgehead atoms. The minimum Gasteiger partial charge on any atom is -0.481 e. The van der Waals surface area contributed by atoms with Gasteiger partial charge in [0, 0.05) is 5.02 Å². The first kappa shape index (κ1) is 16.0. The van der Waals surface area contributed by atoms with Gasteiger partial charge in [0.2, 0.25) is 0 Å². The number of hydrogen-bond acceptors (Lipinski definition) is 3. The maximum absolute atomic E-state index is 12.0. The summed E-state index contributed by atoms with van der Waals surface area (Å²) in [6.07, 6.45) is 1.34. The van der Waals surface area contributed by atoms with Crippen molar-refractivity contribution in [3.8, 4) is 0 Å². The molecule has 114 valence electrons. The third kappa shape index (κ3) is 3.83. The van der Waals surface area contributed by atoms with Crippen LogP contribution >= 0.6 is 11.6 Å². The van der Waals surface area contributed by atoms with E-state index in [0.717, 1.165) is 11.1 Å². The summed E-state index contributed by atoms with van der Waals surface area (Å²) in [4.78, 5) is 29.7. The molecule has 0 atom stereocenters. The first-order valence-corrected chi connectivity index (χ1v) is 7.00. The second-order valence-electron chi connectivity index (χ2n) is 4.92. The summed E-state index contributed by atoms with van der Waals surface area (Å²) in [5.74, 6) is -0.635. The molecule has 0 saturated heterocycles. The summed E-state index contributed by atoms with van der Waals surface area (Å²) in [7, 11) is 0. The van der Waals surface area contributed by atoms with Crippen LogP contribution in [-0.4, -0.2) is 21.0 Å². The van der Waals surface area contributed by atoms with Crippen molar-refractivity contribution in [2.75, 3.05) is 0 Å². The Morgan fingerprint density at radius 2 is 2.00 bits per heavy atom. The first-order valence-electron chi connectivity index (χ1n) is 6.62. The van der Waals surface area contributed by atoms with Gasteiger partial charge in [-0.05, 0) is 43.2 Å². The smallest absolute Gasteiger partial charge is 0.308 e. The van der Waals surface area contributed by atoms with E-state index in [1.165, 1.54) is 0 Å². The highest BCUT2D eigenvalue weighted by molar-refractivity contribution is 6.30. The van der Waals surface area contributed by atoms with Crippen LogP contribution in [0.4, 0.5) is 0 Å². The molecule has 22 heavy (non-hydrogen) atoms. The topological polar surface area (TPSA) is 83.0 Å². The van der Waals surface area contributed by atoms with E-state index in [0.29, 0.717) is 16.5 Å². The second-order valence-corrected chi connectivity index (χ2v) is 5.36. The molecule has 1 aromatic carbocycles. The Morgan fingerprint density at radius 3 is 2.59 bits per heavy atom. The number of benzene rings is 1. The Kier molecular flexibility index (Phi) is 4.78. The molecular formula is C16H15ClN2O3. The van der Waals surface area contributed by atoms with Crippen molar-refractivity contribution in [1.82, 2.24) is 9.97 Å². The van der Waals surface area contributed by atoms with Crippen LogP contribution in [0.3, 0.4) is 0 Å². The zero-order valence-electron chi connectivity index (χ0n) is 12.2. The van der Waals surface area contributed by atoms with Crippen molar-refractivity contribution < 1.29 is 9.90 Å². The number of nitrogens with zero attached hydrogens (tertiary/aromatic N) is 1. The van der Waals surface area contributed by atoms with E-state index < -0.39 is 11.5 Å². The van der Waals surface area contributed by atoms with Crippen LogP contribution in [0.1, 0.15) is 29.6 Å². The molecule has 1 aromatic heterocycles. The molecule has 0 aliphatic heterocycles. The summed E-state index contributed by atoms with van der Waals surface area (Å²) in [6.45, 7) is 3.52. The number of rotatable bonds is 4. The Labute approximate surface area is 132 Å². The molecule has 2 N–H and O–H groups in total. The van der Waals surface area contributed by atoms with E-state index >= 15 is 0 Å². The number of aromatic nitrogens is 2. The SMILES string of the molecule is CC(=Cc1nc(C)[nH]c(=O)c1CC(=O)O)c1ccc(Cl)cc1. The zero-order valence-corrected chi connectivity index (χ0v) is 12.9. The van der Waals surface area contributed by atoms with Crippen molar-refractivity contribution in [3.05, 3.63) is 62.3 Å². The van der Waals surface area contributed by atoms with Gasteiger partial charge in [0.1, 0.15) is 5.82 Å². The molecule has 2 aromatic rings. The van der Waals surface area contributed by atoms with Gasteiger partial charge in [-0.25, -0.2) is 4.98 Å². The Morgan fingerprint density at radius 1 is 1.36 bits per heavy atom. The van der Waals surface area contributed by atoms with Gasteiger partial charge in [0.05, 0.1) is 17.7 Å². The molecule has 0 aliphatic carbocycles. The molecule has 0 fully saturated rings. The lowest BCUT2D eigenvalue weighted by Gasteiger charge is -2.06. The third-order valence-corrected chi connectivity index (χ3v) is 3.40. The Hall–Kier alpha value is -2.40. The summed E-state index contributed by atoms with van der Waals surface area (Å²) >= 11 is 5.86. The fraction of sp³-hybridized carbons (Fsp3) is 0.188. The number of halogens is 1. The van der Waals surface area contributed by atoms with Crippen molar-refractivity contribution in [2.45, 2.75) is 20.3 Å². The monoisotopic (exact) mass is 318 g/mol. The summed E-state index contributed by atoms with van der Waals surface area (Å²) in [5, 5.41) is 9.58. The van der Waals surface area contributed by atoms with Crippen LogP contribution in [0.15, 0.2) is 29.1 Å². The van der Waals surface area contributed by atoms with Gasteiger partial charge >= 0.3 is 5.97 Å². The molecule has 0 amide bonds. The second kappa shape index (κ2) is 6.58. The molecule has 0 saturated carbocycles. The molecule has 6 heteroatoms. The van der Waals surface area contributed by atoms with E-state index in [2.05, 4.69) is 9.97 Å². The fourth-order valence-electron chi connectivity index (χ4n) is 2.07. The Bertz CT molecular complexity index is 792. The lowest BCUT2D eigenvalue weighted by Crippen LogP contribution is -2.20. The van der Waals surface area contributed by atoms with E-state index in [1.54, 1.807) is 25.1 Å². The lowest BCUT2D eigenvalue weighted by atomic mass is 10.0. The number of aliphatic carboxylic acids is 1. The average molecular weight is 319 g/mol. The fourth-order valence-corrected chi connectivity index (χ4v) is 2.20. The number of hydrogen-bond donors (Lipinski definition) is 2. The molecule has 0 spiro atoms. The standard InChI is InChI=1S/C16H15ClN2O3/c1-9(11-3-5-12(17)6-4-11)7-14-13(8-15(20)21)16(22)19-10(2)18-14/h3-7H,8H2,1-2H3,(H,20,21)(H,18,19,22). The summed E-state index contributed by atoms with van der Waals surface area (Å²) < 4.78 is 0. The van der Waals surface area contributed by atoms with E-state index in [1.807, 2.05) is 19.1 Å². The van der Waals surface area contributed by atoms with Crippen LogP contribution in [0, 0.1) is 6.92 Å². The highest BCUT2D eigenvalue weighted by Gasteiger charge is 2.12. The van der Waals surface area contributed by atoms with Gasteiger partial charge < -0.3 is 10.1 Å². The summed E-state index contributed by atoms with van der Waals surface area (Å²) in [5.41, 5.74) is 1.87. The van der Waals surface area contributed by atoms with Crippen LogP contribution in [0.5, 0.6) is 0 Å². The van der Waals surface area contributed by atoms with Crippen LogP contribution in [0.2, 0.25) is 5.02 Å². The van der Waals surface area contributed by atoms with Crippen LogP contribution < -0.4 is 5.56 Å². The van der Waals surface area contributed by atoms with Gasteiger partial charge in [-0.2, -0.15) is 0 Å². The molecule has 0 radical (unpaired) electrons. The number of H-pyrrole nitrogens is 1. The molecule has 0 aliphatic rings. The minimum absolute atomic E-state index is 0.145. The van der Waals surface area contributed by atoms with Crippen LogP contribution in [-0.2, 0) is 11.2 Å². The normalized spacial score (nSPS) is 11.5. The highest BCUT2D eigenvalue weighted by atomic mass is 35.5. The van der Waals surface area contributed by atoms with Gasteiger partial charge in [-0.3, -0.25) is 9.59 Å². The molecule has 2 rings (SSSR count). The number of carbonyl (C=O) groups is 1. The number of aromatic amines is 1. The number of allylic oxidation sites excluding steroid dienone is 1. The quantitative estimate of drug-likeness (QED) is 0.908. The minimum atomic E-state index is -1.07. The largest absolute Gasteiger partial charge is 0.481 e. The molecule has 1 heterocycles. The predicted octanol–water partition coefficient (Wildman–Crippen LogP) is 2.92.